The number of imidazole rings is 1. The second-order valence-corrected chi connectivity index (χ2v) is 8.76. The maximum atomic E-state index is 13.6. The first-order chi connectivity index (χ1) is 17.1. The Morgan fingerprint density at radius 2 is 1.97 bits per heavy atom. The maximum absolute atomic E-state index is 13.6. The molecule has 0 radical (unpaired) electrons. The van der Waals surface area contributed by atoms with Crippen LogP contribution in [-0.4, -0.2) is 63.2 Å². The highest BCUT2D eigenvalue weighted by Crippen LogP contribution is 2.42. The average Bonchev–Trinajstić information content (AvgIpc) is 3.55. The molecule has 14 heteroatoms. The van der Waals surface area contributed by atoms with Crippen molar-refractivity contribution in [2.45, 2.75) is 31.5 Å². The number of urea groups is 1. The van der Waals surface area contributed by atoms with Gasteiger partial charge in [-0.05, 0) is 30.4 Å². The van der Waals surface area contributed by atoms with E-state index in [4.69, 9.17) is 0 Å². The Morgan fingerprint density at radius 3 is 2.58 bits per heavy atom. The van der Waals surface area contributed by atoms with Gasteiger partial charge in [-0.15, -0.1) is 0 Å². The van der Waals surface area contributed by atoms with Crippen LogP contribution in [0.15, 0.2) is 24.7 Å². The first kappa shape index (κ1) is 23.5. The number of halogens is 3. The van der Waals surface area contributed by atoms with Gasteiger partial charge in [0.1, 0.15) is 17.9 Å². The van der Waals surface area contributed by atoms with Crippen LogP contribution in [0, 0.1) is 0 Å². The van der Waals surface area contributed by atoms with Crippen LogP contribution in [0.1, 0.15) is 35.6 Å². The summed E-state index contributed by atoms with van der Waals surface area (Å²) in [6, 6.07) is 1.38. The van der Waals surface area contributed by atoms with Crippen molar-refractivity contribution in [2.75, 3.05) is 35.8 Å². The lowest BCUT2D eigenvalue weighted by atomic mass is 10.1. The zero-order chi connectivity index (χ0) is 25.8. The van der Waals surface area contributed by atoms with Gasteiger partial charge in [0.05, 0.1) is 17.9 Å². The van der Waals surface area contributed by atoms with E-state index in [2.05, 4.69) is 20.3 Å². The van der Waals surface area contributed by atoms with Gasteiger partial charge >= 0.3 is 12.2 Å². The number of likely N-dealkylation sites (N-methyl/N-ethyl adjacent to an activating group) is 1. The van der Waals surface area contributed by atoms with Crippen molar-refractivity contribution >= 4 is 41.4 Å². The van der Waals surface area contributed by atoms with Crippen molar-refractivity contribution in [3.63, 3.8) is 0 Å². The molecule has 0 atom stereocenters. The van der Waals surface area contributed by atoms with Gasteiger partial charge in [-0.1, -0.05) is 0 Å². The highest BCUT2D eigenvalue weighted by atomic mass is 19.4. The number of pyridine rings is 1. The Labute approximate surface area is 202 Å². The molecule has 1 aliphatic carbocycles. The molecule has 188 valence electrons. The molecule has 0 spiro atoms. The molecule has 2 fully saturated rings. The van der Waals surface area contributed by atoms with Crippen LogP contribution in [0.5, 0.6) is 0 Å². The van der Waals surface area contributed by atoms with Crippen molar-refractivity contribution in [2.24, 2.45) is 0 Å². The minimum absolute atomic E-state index is 0.0622. The molecule has 1 aliphatic heterocycles. The van der Waals surface area contributed by atoms with Gasteiger partial charge in [0.25, 0.3) is 0 Å². The fraction of sp³-hybridized carbons (Fsp3) is 0.364. The number of nitrogens with zero attached hydrogens (tertiary/aromatic N) is 7. The number of imide groups is 1. The minimum atomic E-state index is -4.72. The van der Waals surface area contributed by atoms with Gasteiger partial charge in [0.2, 0.25) is 18.3 Å². The molecule has 0 unspecified atom stereocenters. The van der Waals surface area contributed by atoms with E-state index in [1.165, 1.54) is 23.9 Å². The molecule has 4 amide bonds. The summed E-state index contributed by atoms with van der Waals surface area (Å²) in [5.41, 5.74) is 1.21. The summed E-state index contributed by atoms with van der Waals surface area (Å²) >= 11 is 0. The van der Waals surface area contributed by atoms with Gasteiger partial charge in [-0.2, -0.15) is 18.2 Å². The summed E-state index contributed by atoms with van der Waals surface area (Å²) in [6.45, 7) is -0.184. The average molecular weight is 502 g/mol. The number of anilines is 3. The summed E-state index contributed by atoms with van der Waals surface area (Å²) in [6.07, 6.45) is 1.74. The summed E-state index contributed by atoms with van der Waals surface area (Å²) in [5.74, 6) is -0.705. The zero-order valence-electron chi connectivity index (χ0n) is 19.3. The van der Waals surface area contributed by atoms with E-state index >= 15 is 0 Å². The van der Waals surface area contributed by atoms with E-state index in [-0.39, 0.29) is 31.4 Å². The molecular weight excluding hydrogens is 481 g/mol. The normalized spacial score (nSPS) is 16.2. The fourth-order valence-corrected chi connectivity index (χ4v) is 4.16. The monoisotopic (exact) mass is 502 g/mol. The molecule has 11 nitrogen and oxygen atoms in total. The van der Waals surface area contributed by atoms with Gasteiger partial charge in [-0.3, -0.25) is 24.7 Å². The van der Waals surface area contributed by atoms with Gasteiger partial charge in [0, 0.05) is 32.7 Å². The summed E-state index contributed by atoms with van der Waals surface area (Å²) in [5, 5.41) is 2.15. The largest absolute Gasteiger partial charge is 0.421 e. The molecule has 1 saturated carbocycles. The number of aromatic nitrogens is 4. The quantitative estimate of drug-likeness (QED) is 0.390. The Hall–Kier alpha value is -4.23. The number of hydrogen-bond donors (Lipinski definition) is 1. The van der Waals surface area contributed by atoms with E-state index < -0.39 is 23.6 Å². The third-order valence-electron chi connectivity index (χ3n) is 6.15. The predicted molar refractivity (Wildman–Crippen MR) is 122 cm³/mol. The smallest absolute Gasteiger partial charge is 0.353 e. The van der Waals surface area contributed by atoms with Crippen LogP contribution < -0.4 is 15.1 Å². The molecule has 3 aromatic heterocycles. The number of hydrogen-bond acceptors (Lipinski definition) is 7. The first-order valence-corrected chi connectivity index (χ1v) is 11.0. The van der Waals surface area contributed by atoms with Crippen LogP contribution in [0.3, 0.4) is 0 Å². The lowest BCUT2D eigenvalue weighted by Gasteiger charge is -2.21. The van der Waals surface area contributed by atoms with E-state index in [9.17, 15) is 27.6 Å². The number of carbonyl (C=O) groups is 3. The van der Waals surface area contributed by atoms with Crippen LogP contribution >= 0.6 is 0 Å². The molecular formula is C22H21F3N8O3. The Morgan fingerprint density at radius 1 is 1.22 bits per heavy atom. The number of amides is 4. The van der Waals surface area contributed by atoms with Crippen molar-refractivity contribution in [1.29, 1.82) is 0 Å². The van der Waals surface area contributed by atoms with Crippen molar-refractivity contribution in [3.8, 4) is 0 Å². The second kappa shape index (κ2) is 8.46. The van der Waals surface area contributed by atoms with Crippen molar-refractivity contribution < 1.29 is 27.6 Å². The number of fused-ring (bicyclic) bond motifs is 1. The topological polar surface area (TPSA) is 116 Å². The summed E-state index contributed by atoms with van der Waals surface area (Å²) < 4.78 is 42.5. The van der Waals surface area contributed by atoms with E-state index in [0.29, 0.717) is 29.1 Å². The number of carbonyl (C=O) groups excluding carboxylic acids is 3. The Bertz CT molecular complexity index is 1380. The number of alkyl halides is 3. The second-order valence-electron chi connectivity index (χ2n) is 8.76. The third kappa shape index (κ3) is 4.18. The van der Waals surface area contributed by atoms with Crippen molar-refractivity contribution in [1.82, 2.24) is 24.3 Å². The van der Waals surface area contributed by atoms with Gasteiger partial charge in [-0.25, -0.2) is 14.8 Å². The van der Waals surface area contributed by atoms with Crippen molar-refractivity contribution in [3.05, 3.63) is 41.5 Å². The van der Waals surface area contributed by atoms with E-state index in [1.807, 2.05) is 12.3 Å². The van der Waals surface area contributed by atoms with Crippen LogP contribution in [-0.2, 0) is 22.3 Å². The fourth-order valence-electron chi connectivity index (χ4n) is 4.16. The van der Waals surface area contributed by atoms with Gasteiger partial charge < -0.3 is 9.30 Å². The predicted octanol–water partition coefficient (Wildman–Crippen LogP) is 2.62. The zero-order valence-corrected chi connectivity index (χ0v) is 19.3. The molecule has 5 rings (SSSR count). The number of rotatable bonds is 7. The van der Waals surface area contributed by atoms with E-state index in [0.717, 1.165) is 23.3 Å². The first-order valence-electron chi connectivity index (χ1n) is 11.0. The summed E-state index contributed by atoms with van der Waals surface area (Å²) in [4.78, 5) is 51.1. The van der Waals surface area contributed by atoms with Crippen LogP contribution in [0.25, 0.3) is 5.65 Å². The Balaban J connectivity index is 1.53. The van der Waals surface area contributed by atoms with Gasteiger partial charge in [0.15, 0.2) is 5.65 Å². The third-order valence-corrected chi connectivity index (χ3v) is 6.15. The maximum Gasteiger partial charge on any atom is 0.421 e. The van der Waals surface area contributed by atoms with E-state index in [1.54, 1.807) is 10.6 Å². The standard InChI is InChI=1S/C22H21F3N8O3/c1-30(18-15(22(23,24)25)6-26-20(29-18)27-11-34)8-14-9-32-7-13(12-3-4-12)5-16(19(32)28-14)33-10-17(35)31(2)21(33)36/h5-7,9,11-12H,3-4,8,10H2,1-2H3,(H,26,27,29,34). The highest BCUT2D eigenvalue weighted by Gasteiger charge is 2.38. The number of nitrogens with one attached hydrogen (secondary N) is 1. The minimum Gasteiger partial charge on any atom is -0.353 e. The Kier molecular flexibility index (Phi) is 5.53. The van der Waals surface area contributed by atoms with Crippen LogP contribution in [0.4, 0.5) is 35.4 Å². The molecule has 0 bridgehead atoms. The lowest BCUT2D eigenvalue weighted by molar-refractivity contribution is -0.137. The molecule has 4 heterocycles. The molecule has 0 aromatic carbocycles. The summed E-state index contributed by atoms with van der Waals surface area (Å²) in [7, 11) is 2.83. The lowest BCUT2D eigenvalue weighted by Crippen LogP contribution is -2.30. The SMILES string of the molecule is CN1C(=O)CN(c2cc(C3CC3)cn3cc(CN(C)c4nc(NC=O)ncc4C(F)(F)F)nc23)C1=O. The molecule has 2 aliphatic rings. The molecule has 1 N–H and O–H groups in total. The molecule has 1 saturated heterocycles. The molecule has 36 heavy (non-hydrogen) atoms. The highest BCUT2D eigenvalue weighted by molar-refractivity contribution is 6.13. The molecule has 3 aromatic rings. The van der Waals surface area contributed by atoms with Crippen LogP contribution in [0.2, 0.25) is 0 Å².